The predicted molar refractivity (Wildman–Crippen MR) is 556 cm³/mol. The van der Waals surface area contributed by atoms with Crippen LogP contribution in [0.25, 0.3) is 40.9 Å². The van der Waals surface area contributed by atoms with Gasteiger partial charge in [-0.05, 0) is 127 Å². The summed E-state index contributed by atoms with van der Waals surface area (Å²) in [7, 11) is 1.72. The average Bonchev–Trinajstić information content (AvgIpc) is 1.70. The molecule has 1 unspecified atom stereocenters. The van der Waals surface area contributed by atoms with Gasteiger partial charge in [-0.1, -0.05) is 214 Å². The van der Waals surface area contributed by atoms with Crippen LogP contribution < -0.4 is 37.2 Å². The van der Waals surface area contributed by atoms with Gasteiger partial charge in [0.2, 0.25) is 0 Å². The average molecular weight is 2070 g/mol. The minimum atomic E-state index is -4.25. The lowest BCUT2D eigenvalue weighted by Gasteiger charge is -2.40. The van der Waals surface area contributed by atoms with Gasteiger partial charge >= 0.3 is 24.7 Å². The smallest absolute Gasteiger partial charge is 0.366 e. The van der Waals surface area contributed by atoms with Gasteiger partial charge in [-0.25, -0.2) is 39.9 Å². The SMILES string of the molecule is CON1CCCC1CN[C@H]1CN(Cc2ccccc2)CC[C@@H]1Nc1ncnc2sc(CC(F)(F)F)cc12.FC(F)(F)Cc1cc2c(N[C@H]3CCN(Cc4ccccc4)C[C@@H]3CCC3CCCC3)ncnc2s1.FC(F)(F)Cc1cc2c(N[C@H]3CCN(Cc4ccccc4)C[C@@H]3NCCc3ccccc3)ncnc2s1.FC(F)(F)Cc1cc2c(N[C@H]3CCN(Cc4ccccc4)C[C@@H]3NCc3ccccc3)ncnc2s1. The summed E-state index contributed by atoms with van der Waals surface area (Å²) in [6.45, 7) is 14.2. The van der Waals surface area contributed by atoms with Crippen molar-refractivity contribution in [2.24, 2.45) is 11.8 Å². The van der Waals surface area contributed by atoms with Gasteiger partial charge in [-0.15, -0.1) is 45.3 Å². The number of piperidine rings is 4. The quantitative estimate of drug-likeness (QED) is 0.0187. The number of fused-ring (bicyclic) bond motifs is 4. The first kappa shape index (κ1) is 106. The number of halogens is 12. The van der Waals surface area contributed by atoms with Crippen LogP contribution in [0.2, 0.25) is 0 Å². The summed E-state index contributed by atoms with van der Waals surface area (Å²) in [4.78, 5) is 53.4. The molecule has 37 heteroatoms. The van der Waals surface area contributed by atoms with E-state index in [-0.39, 0.29) is 61.8 Å². The molecule has 6 aliphatic rings. The van der Waals surface area contributed by atoms with E-state index in [4.69, 9.17) is 4.84 Å². The maximum absolute atomic E-state index is 13.0. The highest BCUT2D eigenvalue weighted by Crippen LogP contribution is 2.41. The molecule has 0 spiro atoms. The van der Waals surface area contributed by atoms with E-state index in [1.165, 1.54) is 97.2 Å². The highest BCUT2D eigenvalue weighted by molar-refractivity contribution is 7.19. The molecule has 0 bridgehead atoms. The number of hydrogen-bond acceptors (Lipinski definition) is 25. The van der Waals surface area contributed by atoms with Crippen molar-refractivity contribution >= 4 is 109 Å². The van der Waals surface area contributed by atoms with Crippen LogP contribution in [0.4, 0.5) is 76.0 Å². The van der Waals surface area contributed by atoms with Crippen LogP contribution in [0.1, 0.15) is 130 Å². The van der Waals surface area contributed by atoms with Crippen LogP contribution in [-0.4, -0.2) is 217 Å². The number of likely N-dealkylation sites (tertiary alicyclic amines) is 4. The molecule has 9 atom stereocenters. The zero-order valence-electron chi connectivity index (χ0n) is 80.9. The molecule has 7 N–H and O–H groups in total. The lowest BCUT2D eigenvalue weighted by Crippen LogP contribution is -2.57. The van der Waals surface area contributed by atoms with Crippen LogP contribution in [0.3, 0.4) is 0 Å². The van der Waals surface area contributed by atoms with E-state index in [0.29, 0.717) is 76.1 Å². The molecule has 13 heterocycles. The number of alkyl halides is 12. The van der Waals surface area contributed by atoms with Crippen molar-refractivity contribution in [3.05, 3.63) is 284 Å². The van der Waals surface area contributed by atoms with E-state index in [2.05, 4.69) is 236 Å². The number of nitrogens with zero attached hydrogens (tertiary/aromatic N) is 13. The van der Waals surface area contributed by atoms with Gasteiger partial charge in [0.15, 0.2) is 0 Å². The molecule has 6 fully saturated rings. The first-order chi connectivity index (χ1) is 70.2. The van der Waals surface area contributed by atoms with Crippen molar-refractivity contribution in [2.75, 3.05) is 100 Å². The maximum Gasteiger partial charge on any atom is 0.393 e. The Balaban J connectivity index is 0.000000132. The van der Waals surface area contributed by atoms with Crippen LogP contribution in [0, 0.1) is 11.8 Å². The van der Waals surface area contributed by atoms with Crippen molar-refractivity contribution < 1.29 is 57.5 Å². The molecule has 1 saturated carbocycles. The Hall–Kier alpha value is -10.5. The van der Waals surface area contributed by atoms with Gasteiger partial charge in [-0.3, -0.25) is 19.6 Å². The number of thiophene rings is 4. The summed E-state index contributed by atoms with van der Waals surface area (Å²) in [6.07, 6.45) is -0.380. The number of anilines is 4. The standard InChI is InChI=1S/C28H30F3N5S.C27H28F3N5S.C27H33F3N4S.C26H33F3N6OS/c29-28(30,31)16-22-15-23-26(33-19-34-27(23)37-22)35-24-12-14-36(17-21-9-5-2-6-10-21)18-25(24)32-13-11-20-7-3-1-4-8-20;28-27(29,30)14-21-13-22-25(32-18-33-26(22)36-21)34-23-11-12-35(16-20-9-5-2-6-10-20)17-24(23)31-15-19-7-3-1-4-8-19;28-27(29,30)15-22-14-23-25(31-18-32-26(23)35-22)33-24-12-13-34(16-20-8-2-1-3-9-20)17-21(24)11-10-19-6-4-5-7-19;1-36-35-10-5-8-19(35)14-30-23-16-34(15-18-6-3-2-4-7-18)11-9-22(23)33-24-21-12-20(13-26(27,28)29)37-25(21)32-17-31-24/h1-10,15,19,24-25,32H,11-14,16-18H2,(H,33,34,35);1-10,13,18,23-24,31H,11-12,14-17H2,(H,32,33,34);1-3,8-9,14,18-19,21,24H,4-7,10-13,15-17H2,(H,31,32,33);2-4,6-7,12,17,19,22-23,30H,5,8-11,13-16H2,1H3,(H,31,32,33)/t24-,25-;23-,24-;21-,24-;19?,22-,23-/m0000/s1. The minimum Gasteiger partial charge on any atom is -0.366 e. The Morgan fingerprint density at radius 2 is 0.641 bits per heavy atom. The van der Waals surface area contributed by atoms with Crippen LogP contribution in [0.15, 0.2) is 232 Å². The molecule has 6 aromatic carbocycles. The second-order valence-electron chi connectivity index (χ2n) is 38.7. The highest BCUT2D eigenvalue weighted by atomic mass is 32.1. The third-order valence-electron chi connectivity index (χ3n) is 27.9. The van der Waals surface area contributed by atoms with Crippen molar-refractivity contribution in [2.45, 2.75) is 215 Å². The Morgan fingerprint density at radius 3 is 0.993 bits per heavy atom. The van der Waals surface area contributed by atoms with Crippen molar-refractivity contribution in [1.29, 1.82) is 0 Å². The molecule has 5 saturated heterocycles. The monoisotopic (exact) mass is 2070 g/mol. The van der Waals surface area contributed by atoms with E-state index in [0.717, 1.165) is 201 Å². The topological polar surface area (TPSA) is 213 Å². The molecule has 20 rings (SSSR count). The number of aromatic nitrogens is 8. The molecule has 1 aliphatic carbocycles. The number of hydroxylamine groups is 2. The van der Waals surface area contributed by atoms with Gasteiger partial charge in [0.1, 0.15) is 67.9 Å². The lowest BCUT2D eigenvalue weighted by atomic mass is 9.85. The molecule has 21 nitrogen and oxygen atoms in total. The zero-order valence-corrected chi connectivity index (χ0v) is 84.2. The van der Waals surface area contributed by atoms with E-state index < -0.39 is 50.4 Å². The van der Waals surface area contributed by atoms with Crippen molar-refractivity contribution in [3.8, 4) is 0 Å². The fraction of sp³-hybridized carbons (Fsp3) is 0.444. The Bertz CT molecular complexity index is 6310. The summed E-state index contributed by atoms with van der Waals surface area (Å²) in [5.41, 5.74) is 7.66. The maximum atomic E-state index is 13.0. The third-order valence-corrected chi connectivity index (χ3v) is 32.1. The predicted octanol–water partition coefficient (Wildman–Crippen LogP) is 22.9. The summed E-state index contributed by atoms with van der Waals surface area (Å²) in [5, 5.41) is 30.3. The molecular formula is C108H124F12N20OS4. The first-order valence-electron chi connectivity index (χ1n) is 50.1. The molecule has 145 heavy (non-hydrogen) atoms. The molecule has 8 aromatic heterocycles. The van der Waals surface area contributed by atoms with E-state index in [1.807, 2.05) is 47.5 Å². The van der Waals surface area contributed by atoms with Gasteiger partial charge < -0.3 is 42.1 Å². The van der Waals surface area contributed by atoms with Crippen LogP contribution in [0.5, 0.6) is 0 Å². The first-order valence-corrected chi connectivity index (χ1v) is 53.3. The summed E-state index contributed by atoms with van der Waals surface area (Å²) >= 11 is 4.34. The molecule has 5 aliphatic heterocycles. The summed E-state index contributed by atoms with van der Waals surface area (Å²) in [5.74, 6) is 3.79. The Labute approximate surface area is 853 Å². The van der Waals surface area contributed by atoms with Crippen molar-refractivity contribution in [1.82, 2.24) is 80.5 Å². The summed E-state index contributed by atoms with van der Waals surface area (Å²) < 4.78 is 156. The molecular weight excluding hydrogens is 1950 g/mol. The normalized spacial score (nSPS) is 20.9. The van der Waals surface area contributed by atoms with Gasteiger partial charge in [0.05, 0.1) is 54.3 Å². The fourth-order valence-electron chi connectivity index (χ4n) is 20.8. The zero-order chi connectivity index (χ0) is 101. The molecule has 0 amide bonds. The third kappa shape index (κ3) is 31.8. The van der Waals surface area contributed by atoms with Crippen LogP contribution >= 0.6 is 45.3 Å². The number of hydrogen-bond donors (Lipinski definition) is 7. The fourth-order valence-corrected chi connectivity index (χ4v) is 24.9. The number of benzene rings is 6. The molecule has 0 radical (unpaired) electrons. The van der Waals surface area contributed by atoms with Gasteiger partial charge in [-0.2, -0.15) is 57.7 Å². The Kier molecular flexibility index (Phi) is 36.8. The van der Waals surface area contributed by atoms with Crippen LogP contribution in [-0.2, 0) is 69.7 Å². The van der Waals surface area contributed by atoms with Gasteiger partial charge in [0.25, 0.3) is 0 Å². The van der Waals surface area contributed by atoms with Gasteiger partial charge in [0, 0.05) is 166 Å². The van der Waals surface area contributed by atoms with E-state index >= 15 is 0 Å². The largest absolute Gasteiger partial charge is 0.393 e. The van der Waals surface area contributed by atoms with E-state index in [1.54, 1.807) is 31.4 Å². The number of rotatable bonds is 34. The van der Waals surface area contributed by atoms with Crippen molar-refractivity contribution in [3.63, 3.8) is 0 Å². The number of nitrogens with one attached hydrogen (secondary N) is 7. The second-order valence-corrected chi connectivity index (χ2v) is 43.2. The highest BCUT2D eigenvalue weighted by Gasteiger charge is 2.40. The summed E-state index contributed by atoms with van der Waals surface area (Å²) in [6, 6.07) is 70.2. The molecule has 14 aromatic rings. The lowest BCUT2D eigenvalue weighted by molar-refractivity contribution is -0.140. The molecule has 770 valence electrons. The van der Waals surface area contributed by atoms with E-state index in [9.17, 15) is 52.7 Å². The minimum absolute atomic E-state index is 0.0739. The Morgan fingerprint density at radius 1 is 0.324 bits per heavy atom. The second kappa shape index (κ2) is 50.5.